The van der Waals surface area contributed by atoms with Gasteiger partial charge in [-0.05, 0) is 52.3 Å². The molecule has 8 heteroatoms. The zero-order valence-electron chi connectivity index (χ0n) is 17.3. The van der Waals surface area contributed by atoms with Gasteiger partial charge in [0, 0.05) is 19.7 Å². The van der Waals surface area contributed by atoms with Gasteiger partial charge in [0.05, 0.1) is 29.1 Å². The normalized spacial score (nSPS) is 13.9. The summed E-state index contributed by atoms with van der Waals surface area (Å²) in [6.45, 7) is 9.36. The molecule has 0 aliphatic heterocycles. The zero-order valence-corrected chi connectivity index (χ0v) is 18.1. The van der Waals surface area contributed by atoms with Crippen molar-refractivity contribution in [1.82, 2.24) is 19.1 Å². The summed E-state index contributed by atoms with van der Waals surface area (Å²) in [6.07, 6.45) is 3.35. The molecule has 3 aromatic rings. The first-order valence-electron chi connectivity index (χ1n) is 8.96. The van der Waals surface area contributed by atoms with Crippen molar-refractivity contribution in [3.8, 4) is 11.5 Å². The van der Waals surface area contributed by atoms with E-state index >= 15 is 0 Å². The molecule has 0 fully saturated rings. The molecule has 1 aromatic carbocycles. The quantitative estimate of drug-likeness (QED) is 0.500. The van der Waals surface area contributed by atoms with Gasteiger partial charge < -0.3 is 9.12 Å². The Hall–Kier alpha value is -2.45. The molecule has 0 spiro atoms. The van der Waals surface area contributed by atoms with Crippen LogP contribution in [0.15, 0.2) is 33.8 Å². The van der Waals surface area contributed by atoms with Crippen molar-refractivity contribution < 1.29 is 4.55 Å². The Morgan fingerprint density at radius 3 is 2.50 bits per heavy atom. The van der Waals surface area contributed by atoms with E-state index in [0.29, 0.717) is 28.0 Å². The van der Waals surface area contributed by atoms with Gasteiger partial charge in [0.25, 0.3) is 5.56 Å². The Balaban J connectivity index is 2.33. The Kier molecular flexibility index (Phi) is 5.20. The molecule has 0 bridgehead atoms. The van der Waals surface area contributed by atoms with E-state index in [4.69, 9.17) is 4.98 Å². The molecule has 0 aliphatic rings. The van der Waals surface area contributed by atoms with E-state index in [2.05, 4.69) is 9.38 Å². The van der Waals surface area contributed by atoms with Gasteiger partial charge >= 0.3 is 0 Å². The van der Waals surface area contributed by atoms with Crippen LogP contribution in [0.3, 0.4) is 0 Å². The SMILES string of the molecule is CC(=N[S@+]([O-])C(C)(C)C)c1cc(C)cc2c(=O)n(C)c(-c3cncn3C)nc12. The molecule has 0 saturated carbocycles. The molecular weight excluding hydrogens is 374 g/mol. The van der Waals surface area contributed by atoms with Gasteiger partial charge in [-0.2, -0.15) is 0 Å². The molecule has 7 nitrogen and oxygen atoms in total. The van der Waals surface area contributed by atoms with E-state index in [1.807, 2.05) is 51.4 Å². The lowest BCUT2D eigenvalue weighted by atomic mass is 10.0. The second kappa shape index (κ2) is 7.18. The van der Waals surface area contributed by atoms with Crippen LogP contribution in [0.25, 0.3) is 22.4 Å². The highest BCUT2D eigenvalue weighted by Gasteiger charge is 2.27. The summed E-state index contributed by atoms with van der Waals surface area (Å²) in [7, 11) is 3.56. The largest absolute Gasteiger partial charge is 0.591 e. The fourth-order valence-corrected chi connectivity index (χ4v) is 3.53. The molecule has 0 aliphatic carbocycles. The number of rotatable bonds is 3. The predicted molar refractivity (Wildman–Crippen MR) is 114 cm³/mol. The third-order valence-corrected chi connectivity index (χ3v) is 5.99. The van der Waals surface area contributed by atoms with Gasteiger partial charge in [-0.3, -0.25) is 9.36 Å². The third-order valence-electron chi connectivity index (χ3n) is 4.50. The average molecular weight is 400 g/mol. The molecule has 1 atom stereocenters. The van der Waals surface area contributed by atoms with Gasteiger partial charge in [0.2, 0.25) is 0 Å². The van der Waals surface area contributed by atoms with Crippen molar-refractivity contribution in [3.63, 3.8) is 0 Å². The smallest absolute Gasteiger partial charge is 0.261 e. The Bertz CT molecular complexity index is 1140. The molecule has 0 saturated heterocycles. The molecule has 2 heterocycles. The van der Waals surface area contributed by atoms with Crippen molar-refractivity contribution in [2.75, 3.05) is 0 Å². The number of aromatic nitrogens is 4. The molecule has 28 heavy (non-hydrogen) atoms. The lowest BCUT2D eigenvalue weighted by Gasteiger charge is -2.19. The number of nitrogens with zero attached hydrogens (tertiary/aromatic N) is 5. The molecule has 0 unspecified atom stereocenters. The van der Waals surface area contributed by atoms with Crippen molar-refractivity contribution in [1.29, 1.82) is 0 Å². The summed E-state index contributed by atoms with van der Waals surface area (Å²) in [5, 5.41) is 0.513. The maximum atomic E-state index is 13.1. The molecule has 3 rings (SSSR count). The molecule has 0 N–H and O–H groups in total. The van der Waals surface area contributed by atoms with E-state index < -0.39 is 16.1 Å². The standard InChI is InChI=1S/C20H25N5O2S/c1-12-8-14(13(2)23-28(27)20(3,4)5)17-15(9-12)19(26)25(7)18(22-17)16-10-21-11-24(16)6/h8-11H,1-7H3/t28-/m1/s1. The number of imidazole rings is 1. The first-order chi connectivity index (χ1) is 13.0. The van der Waals surface area contributed by atoms with Crippen LogP contribution in [-0.2, 0) is 25.5 Å². The van der Waals surface area contributed by atoms with Crippen LogP contribution in [-0.4, -0.2) is 34.1 Å². The minimum atomic E-state index is -1.40. The van der Waals surface area contributed by atoms with E-state index in [9.17, 15) is 9.35 Å². The second-order valence-electron chi connectivity index (χ2n) is 7.94. The van der Waals surface area contributed by atoms with Crippen molar-refractivity contribution in [3.05, 3.63) is 46.1 Å². The highest BCUT2D eigenvalue weighted by molar-refractivity contribution is 7.91. The van der Waals surface area contributed by atoms with Crippen molar-refractivity contribution in [2.45, 2.75) is 39.4 Å². The Labute approximate surface area is 167 Å². The van der Waals surface area contributed by atoms with Crippen LogP contribution < -0.4 is 5.56 Å². The van der Waals surface area contributed by atoms with Crippen LogP contribution in [0.4, 0.5) is 0 Å². The summed E-state index contributed by atoms with van der Waals surface area (Å²) >= 11 is -1.40. The van der Waals surface area contributed by atoms with E-state index in [1.165, 1.54) is 4.57 Å². The number of benzene rings is 1. The van der Waals surface area contributed by atoms with Crippen LogP contribution >= 0.6 is 0 Å². The minimum absolute atomic E-state index is 0.143. The maximum Gasteiger partial charge on any atom is 0.261 e. The topological polar surface area (TPSA) is 88.1 Å². The van der Waals surface area contributed by atoms with E-state index in [-0.39, 0.29) is 5.56 Å². The monoisotopic (exact) mass is 399 g/mol. The first-order valence-corrected chi connectivity index (χ1v) is 10.1. The van der Waals surface area contributed by atoms with Crippen molar-refractivity contribution in [2.24, 2.45) is 18.5 Å². The number of hydrogen-bond acceptors (Lipinski definition) is 5. The summed E-state index contributed by atoms with van der Waals surface area (Å²) in [6, 6.07) is 3.76. The summed E-state index contributed by atoms with van der Waals surface area (Å²) < 4.78 is 19.8. The van der Waals surface area contributed by atoms with Gasteiger partial charge in [-0.15, -0.1) is 0 Å². The van der Waals surface area contributed by atoms with Crippen LogP contribution in [0, 0.1) is 6.92 Å². The molecule has 148 valence electrons. The highest BCUT2D eigenvalue weighted by Crippen LogP contribution is 2.24. The first kappa shape index (κ1) is 20.3. The summed E-state index contributed by atoms with van der Waals surface area (Å²) in [5.74, 6) is 0.521. The second-order valence-corrected chi connectivity index (χ2v) is 9.84. The van der Waals surface area contributed by atoms with Gasteiger partial charge in [0.1, 0.15) is 21.8 Å². The maximum absolute atomic E-state index is 13.1. The summed E-state index contributed by atoms with van der Waals surface area (Å²) in [5.41, 5.74) is 3.38. The Morgan fingerprint density at radius 1 is 1.25 bits per heavy atom. The van der Waals surface area contributed by atoms with E-state index in [1.54, 1.807) is 26.5 Å². The van der Waals surface area contributed by atoms with Gasteiger partial charge in [-0.1, -0.05) is 4.40 Å². The van der Waals surface area contributed by atoms with Gasteiger partial charge in [0.15, 0.2) is 5.82 Å². The fraction of sp³-hybridized carbons (Fsp3) is 0.400. The number of hydrogen-bond donors (Lipinski definition) is 0. The lowest BCUT2D eigenvalue weighted by molar-refractivity contribution is 0.561. The molecule has 2 aromatic heterocycles. The van der Waals surface area contributed by atoms with Crippen LogP contribution in [0.5, 0.6) is 0 Å². The lowest BCUT2D eigenvalue weighted by Crippen LogP contribution is -2.27. The predicted octanol–water partition coefficient (Wildman–Crippen LogP) is 2.91. The van der Waals surface area contributed by atoms with Crippen LogP contribution in [0.1, 0.15) is 38.8 Å². The third kappa shape index (κ3) is 3.62. The van der Waals surface area contributed by atoms with E-state index in [0.717, 1.165) is 11.3 Å². The average Bonchev–Trinajstić information content (AvgIpc) is 3.02. The number of fused-ring (bicyclic) bond motifs is 1. The fourth-order valence-electron chi connectivity index (χ4n) is 2.91. The molecule has 0 radical (unpaired) electrons. The molecular formula is C20H25N5O2S. The number of aryl methyl sites for hydroxylation is 2. The van der Waals surface area contributed by atoms with Crippen molar-refractivity contribution >= 4 is 28.0 Å². The molecule has 0 amide bonds. The zero-order chi connectivity index (χ0) is 20.8. The summed E-state index contributed by atoms with van der Waals surface area (Å²) in [4.78, 5) is 22.0. The highest BCUT2D eigenvalue weighted by atomic mass is 32.2. The van der Waals surface area contributed by atoms with Gasteiger partial charge in [-0.25, -0.2) is 9.97 Å². The minimum Gasteiger partial charge on any atom is -0.591 e. The van der Waals surface area contributed by atoms with Crippen LogP contribution in [0.2, 0.25) is 0 Å². The Morgan fingerprint density at radius 2 is 1.93 bits per heavy atom.